The van der Waals surface area contributed by atoms with Crippen LogP contribution in [0.15, 0.2) is 42.5 Å². The van der Waals surface area contributed by atoms with Crippen LogP contribution in [0.2, 0.25) is 0 Å². The number of aromatic hydroxyl groups is 1. The van der Waals surface area contributed by atoms with Crippen molar-refractivity contribution in [3.05, 3.63) is 70.4 Å². The third kappa shape index (κ3) is 5.14. The minimum Gasteiger partial charge on any atom is -0.507 e. The van der Waals surface area contributed by atoms with Gasteiger partial charge in [-0.15, -0.1) is 0 Å². The molecule has 0 aliphatic rings. The summed E-state index contributed by atoms with van der Waals surface area (Å²) in [6.07, 6.45) is 0.772. The van der Waals surface area contributed by atoms with Crippen LogP contribution in [-0.2, 0) is 23.8 Å². The Morgan fingerprint density at radius 3 is 2.09 bits per heavy atom. The van der Waals surface area contributed by atoms with E-state index in [1.165, 1.54) is 0 Å². The molecule has 34 heavy (non-hydrogen) atoms. The van der Waals surface area contributed by atoms with Gasteiger partial charge in [-0.1, -0.05) is 53.7 Å². The second-order valence-electron chi connectivity index (χ2n) is 11.1. The van der Waals surface area contributed by atoms with Crippen LogP contribution in [-0.4, -0.2) is 22.7 Å². The molecule has 0 spiro atoms. The second kappa shape index (κ2) is 9.21. The Morgan fingerprint density at radius 1 is 1.00 bits per heavy atom. The molecule has 1 amide bonds. The molecule has 3 rings (SSSR count). The number of rotatable bonds is 6. The predicted octanol–water partition coefficient (Wildman–Crippen LogP) is 6.11. The highest BCUT2D eigenvalue weighted by Crippen LogP contribution is 2.42. The minimum atomic E-state index is -0.440. The van der Waals surface area contributed by atoms with Gasteiger partial charge >= 0.3 is 0 Å². The zero-order valence-corrected chi connectivity index (χ0v) is 21.7. The highest BCUT2D eigenvalue weighted by atomic mass is 16.5. The number of amides is 1. The molecule has 3 aromatic rings. The zero-order chi connectivity index (χ0) is 25.4. The summed E-state index contributed by atoms with van der Waals surface area (Å²) in [5.74, 6) is 0.720. The first-order chi connectivity index (χ1) is 15.7. The predicted molar refractivity (Wildman–Crippen MR) is 139 cm³/mol. The Hall–Kier alpha value is -3.21. The summed E-state index contributed by atoms with van der Waals surface area (Å²) in [7, 11) is 1.66. The number of phenolic OH excluding ortho intramolecular Hbond substituents is 1. The molecule has 5 nitrogen and oxygen atoms in total. The Balaban J connectivity index is 2.19. The van der Waals surface area contributed by atoms with Crippen LogP contribution in [0.3, 0.4) is 0 Å². The monoisotopic (exact) mass is 462 g/mol. The molecule has 0 aliphatic carbocycles. The number of carbonyl (C=O) groups is 1. The molecule has 0 saturated carbocycles. The lowest BCUT2D eigenvalue weighted by molar-refractivity contribution is 0.0999. The maximum absolute atomic E-state index is 12.2. The summed E-state index contributed by atoms with van der Waals surface area (Å²) >= 11 is 0. The second-order valence-corrected chi connectivity index (χ2v) is 11.1. The average Bonchev–Trinajstić information content (AvgIpc) is 3.07. The number of hydrogen-bond acceptors (Lipinski definition) is 3. The summed E-state index contributed by atoms with van der Waals surface area (Å²) < 4.78 is 7.53. The summed E-state index contributed by atoms with van der Waals surface area (Å²) in [6, 6.07) is 14.0. The van der Waals surface area contributed by atoms with Gasteiger partial charge in [0.1, 0.15) is 11.5 Å². The maximum Gasteiger partial charge on any atom is 0.250 e. The van der Waals surface area contributed by atoms with Crippen molar-refractivity contribution < 1.29 is 14.6 Å². The number of phenols is 1. The zero-order valence-electron chi connectivity index (χ0n) is 21.7. The fourth-order valence-corrected chi connectivity index (χ4v) is 4.42. The Morgan fingerprint density at radius 2 is 1.59 bits per heavy atom. The molecule has 182 valence electrons. The lowest BCUT2D eigenvalue weighted by Crippen LogP contribution is -2.17. The van der Waals surface area contributed by atoms with E-state index in [9.17, 15) is 9.90 Å². The van der Waals surface area contributed by atoms with E-state index in [0.29, 0.717) is 17.9 Å². The molecule has 0 aliphatic heterocycles. The quantitative estimate of drug-likeness (QED) is 0.464. The highest BCUT2D eigenvalue weighted by Gasteiger charge is 2.28. The van der Waals surface area contributed by atoms with Gasteiger partial charge in [0.15, 0.2) is 0 Å². The molecule has 5 heteroatoms. The molecule has 0 atom stereocenters. The first-order valence-corrected chi connectivity index (χ1v) is 11.7. The summed E-state index contributed by atoms with van der Waals surface area (Å²) in [5.41, 5.74) is 11.4. The lowest BCUT2D eigenvalue weighted by Gasteiger charge is -2.28. The van der Waals surface area contributed by atoms with Crippen LogP contribution in [0.5, 0.6) is 11.5 Å². The SMILES string of the molecule is COc1cccc(CCn2c(-c3cc(C(C)(C)C)c(O)c(C(C)(C)C)c3)cc(C(N)=O)c2C)c1. The number of ether oxygens (including phenoxy) is 1. The van der Waals surface area contributed by atoms with E-state index in [-0.39, 0.29) is 10.8 Å². The standard InChI is InChI=1S/C29H38N2O3/c1-18-22(27(30)33)17-25(31(18)13-12-19-10-9-11-21(14-19)34-8)20-15-23(28(2,3)4)26(32)24(16-20)29(5,6)7/h9-11,14-17,32H,12-13H2,1-8H3,(H2,30,33). The van der Waals surface area contributed by atoms with Gasteiger partial charge in [-0.25, -0.2) is 0 Å². The van der Waals surface area contributed by atoms with Crippen molar-refractivity contribution >= 4 is 5.91 Å². The van der Waals surface area contributed by atoms with Crippen LogP contribution >= 0.6 is 0 Å². The van der Waals surface area contributed by atoms with Gasteiger partial charge in [0.05, 0.1) is 12.7 Å². The van der Waals surface area contributed by atoms with Gasteiger partial charge in [0.25, 0.3) is 5.91 Å². The first-order valence-electron chi connectivity index (χ1n) is 11.7. The van der Waals surface area contributed by atoms with Crippen LogP contribution < -0.4 is 10.5 Å². The van der Waals surface area contributed by atoms with E-state index in [4.69, 9.17) is 10.5 Å². The van der Waals surface area contributed by atoms with Crippen molar-refractivity contribution in [1.29, 1.82) is 0 Å². The smallest absolute Gasteiger partial charge is 0.250 e. The number of nitrogens with zero attached hydrogens (tertiary/aromatic N) is 1. The van der Waals surface area contributed by atoms with Crippen molar-refractivity contribution in [3.63, 3.8) is 0 Å². The third-order valence-corrected chi connectivity index (χ3v) is 6.41. The van der Waals surface area contributed by atoms with Gasteiger partial charge in [0, 0.05) is 29.1 Å². The number of aryl methyl sites for hydroxylation is 1. The van der Waals surface area contributed by atoms with E-state index < -0.39 is 5.91 Å². The fourth-order valence-electron chi connectivity index (χ4n) is 4.42. The molecule has 0 fully saturated rings. The number of aromatic nitrogens is 1. The van der Waals surface area contributed by atoms with Gasteiger partial charge in [-0.05, 0) is 65.6 Å². The largest absolute Gasteiger partial charge is 0.507 e. The number of benzene rings is 2. The van der Waals surface area contributed by atoms with Gasteiger partial charge < -0.3 is 20.1 Å². The first kappa shape index (κ1) is 25.4. The van der Waals surface area contributed by atoms with Crippen LogP contribution in [0.4, 0.5) is 0 Å². The van der Waals surface area contributed by atoms with E-state index >= 15 is 0 Å². The molecular formula is C29H38N2O3. The molecule has 0 unspecified atom stereocenters. The number of nitrogens with two attached hydrogens (primary N) is 1. The van der Waals surface area contributed by atoms with Crippen molar-refractivity contribution in [2.24, 2.45) is 5.73 Å². The molecule has 1 heterocycles. The topological polar surface area (TPSA) is 77.5 Å². The fraction of sp³-hybridized carbons (Fsp3) is 0.414. The molecule has 2 aromatic carbocycles. The normalized spacial score (nSPS) is 12.1. The number of methoxy groups -OCH3 is 1. The Bertz CT molecular complexity index is 1170. The maximum atomic E-state index is 12.2. The average molecular weight is 463 g/mol. The summed E-state index contributed by atoms with van der Waals surface area (Å²) in [6.45, 7) is 15.2. The van der Waals surface area contributed by atoms with Gasteiger partial charge in [-0.2, -0.15) is 0 Å². The van der Waals surface area contributed by atoms with E-state index in [1.54, 1.807) is 7.11 Å². The summed E-state index contributed by atoms with van der Waals surface area (Å²) in [4.78, 5) is 12.2. The van der Waals surface area contributed by atoms with Crippen LogP contribution in [0.25, 0.3) is 11.3 Å². The summed E-state index contributed by atoms with van der Waals surface area (Å²) in [5, 5.41) is 11.2. The highest BCUT2D eigenvalue weighted by molar-refractivity contribution is 5.95. The van der Waals surface area contributed by atoms with E-state index in [0.717, 1.165) is 45.8 Å². The molecule has 0 bridgehead atoms. The molecule has 1 aromatic heterocycles. The number of hydrogen-bond donors (Lipinski definition) is 2. The van der Waals surface area contributed by atoms with Crippen molar-refractivity contribution in [1.82, 2.24) is 4.57 Å². The minimum absolute atomic E-state index is 0.250. The molecule has 3 N–H and O–H groups in total. The lowest BCUT2D eigenvalue weighted by atomic mass is 9.78. The Kier molecular flexibility index (Phi) is 6.88. The molecule has 0 radical (unpaired) electrons. The van der Waals surface area contributed by atoms with Crippen molar-refractivity contribution in [2.45, 2.75) is 72.3 Å². The van der Waals surface area contributed by atoms with Gasteiger partial charge in [0.2, 0.25) is 0 Å². The van der Waals surface area contributed by atoms with E-state index in [2.05, 4.69) is 52.2 Å². The number of carbonyl (C=O) groups excluding carboxylic acids is 1. The molecular weight excluding hydrogens is 424 g/mol. The van der Waals surface area contributed by atoms with Crippen LogP contribution in [0, 0.1) is 6.92 Å². The Labute approximate surface area is 203 Å². The van der Waals surface area contributed by atoms with Gasteiger partial charge in [-0.3, -0.25) is 4.79 Å². The molecule has 0 saturated heterocycles. The number of primary amides is 1. The van der Waals surface area contributed by atoms with E-state index in [1.807, 2.05) is 43.3 Å². The van der Waals surface area contributed by atoms with Crippen LogP contribution in [0.1, 0.15) is 74.3 Å². The third-order valence-electron chi connectivity index (χ3n) is 6.41. The van der Waals surface area contributed by atoms with Crippen molar-refractivity contribution in [2.75, 3.05) is 7.11 Å². The van der Waals surface area contributed by atoms with Crippen molar-refractivity contribution in [3.8, 4) is 22.8 Å².